The minimum absolute atomic E-state index is 0.0943. The van der Waals surface area contributed by atoms with Crippen LogP contribution in [0.5, 0.6) is 5.75 Å². The van der Waals surface area contributed by atoms with Crippen LogP contribution in [0, 0.1) is 0 Å². The molecule has 6 nitrogen and oxygen atoms in total. The molecule has 0 spiro atoms. The van der Waals surface area contributed by atoms with E-state index in [0.29, 0.717) is 28.8 Å². The molecule has 1 amide bonds. The predicted octanol–water partition coefficient (Wildman–Crippen LogP) is 5.89. The number of nitrogens with zero attached hydrogens (tertiary/aromatic N) is 1. The molecule has 4 rings (SSSR count). The number of sulfonamides is 1. The third-order valence-corrected chi connectivity index (χ3v) is 9.68. The lowest BCUT2D eigenvalue weighted by atomic mass is 10.0. The van der Waals surface area contributed by atoms with Crippen LogP contribution in [0.25, 0.3) is 0 Å². The fraction of sp³-hybridized carbons (Fsp3) is 0.345. The summed E-state index contributed by atoms with van der Waals surface area (Å²) in [6.07, 6.45) is 6.40. The van der Waals surface area contributed by atoms with Crippen molar-refractivity contribution < 1.29 is 17.9 Å². The van der Waals surface area contributed by atoms with Crippen molar-refractivity contribution in [2.24, 2.45) is 0 Å². The molecule has 1 fully saturated rings. The van der Waals surface area contributed by atoms with Crippen molar-refractivity contribution in [3.8, 4) is 5.75 Å². The quantitative estimate of drug-likeness (QED) is 0.308. The Morgan fingerprint density at radius 1 is 0.946 bits per heavy atom. The molecule has 0 atom stereocenters. The van der Waals surface area contributed by atoms with Gasteiger partial charge in [-0.3, -0.25) is 9.10 Å². The number of methoxy groups -OCH3 is 1. The normalized spacial score (nSPS) is 14.2. The molecule has 3 aromatic rings. The van der Waals surface area contributed by atoms with Crippen LogP contribution in [-0.2, 0) is 16.6 Å². The number of carbonyl (C=O) groups is 1. The molecule has 1 aliphatic carbocycles. The molecule has 1 saturated carbocycles. The lowest BCUT2D eigenvalue weighted by Gasteiger charge is -2.27. The molecule has 0 unspecified atom stereocenters. The van der Waals surface area contributed by atoms with Gasteiger partial charge < -0.3 is 10.1 Å². The van der Waals surface area contributed by atoms with Gasteiger partial charge in [0.1, 0.15) is 5.75 Å². The molecule has 3 aromatic carbocycles. The van der Waals surface area contributed by atoms with Gasteiger partial charge in [-0.25, -0.2) is 8.42 Å². The van der Waals surface area contributed by atoms with E-state index in [-0.39, 0.29) is 17.3 Å². The summed E-state index contributed by atoms with van der Waals surface area (Å²) in [7, 11) is -2.44. The van der Waals surface area contributed by atoms with Crippen molar-refractivity contribution in [1.29, 1.82) is 0 Å². The third-order valence-electron chi connectivity index (χ3n) is 6.53. The molecule has 37 heavy (non-hydrogen) atoms. The van der Waals surface area contributed by atoms with Crippen molar-refractivity contribution in [2.45, 2.75) is 48.8 Å². The van der Waals surface area contributed by atoms with Gasteiger partial charge in [-0.15, -0.1) is 0 Å². The predicted molar refractivity (Wildman–Crippen MR) is 151 cm³/mol. The maximum atomic E-state index is 13.9. The number of hydrogen-bond acceptors (Lipinski definition) is 5. The van der Waals surface area contributed by atoms with Gasteiger partial charge in [0.05, 0.1) is 29.8 Å². The van der Waals surface area contributed by atoms with Gasteiger partial charge in [-0.05, 0) is 54.8 Å². The van der Waals surface area contributed by atoms with Crippen LogP contribution in [0.2, 0.25) is 0 Å². The zero-order valence-electron chi connectivity index (χ0n) is 21.1. The summed E-state index contributed by atoms with van der Waals surface area (Å²) in [4.78, 5) is 13.4. The van der Waals surface area contributed by atoms with Crippen LogP contribution in [0.3, 0.4) is 0 Å². The third kappa shape index (κ3) is 7.08. The average Bonchev–Trinajstić information content (AvgIpc) is 2.95. The van der Waals surface area contributed by atoms with Gasteiger partial charge in [-0.2, -0.15) is 11.8 Å². The first-order chi connectivity index (χ1) is 18.0. The van der Waals surface area contributed by atoms with Gasteiger partial charge in [0.25, 0.3) is 15.9 Å². The molecule has 196 valence electrons. The number of amides is 1. The minimum Gasteiger partial charge on any atom is -0.497 e. The first-order valence-electron chi connectivity index (χ1n) is 12.7. The molecule has 1 N–H and O–H groups in total. The Morgan fingerprint density at radius 2 is 1.62 bits per heavy atom. The van der Waals surface area contributed by atoms with E-state index < -0.39 is 10.0 Å². The molecule has 1 aliphatic rings. The molecular weight excluding hydrogens is 504 g/mol. The Morgan fingerprint density at radius 3 is 2.32 bits per heavy atom. The summed E-state index contributed by atoms with van der Waals surface area (Å²) in [6.45, 7) is 0.634. The highest BCUT2D eigenvalue weighted by molar-refractivity contribution is 7.99. The van der Waals surface area contributed by atoms with Crippen LogP contribution in [0.15, 0.2) is 83.8 Å². The van der Waals surface area contributed by atoms with Crippen molar-refractivity contribution in [1.82, 2.24) is 5.32 Å². The first kappa shape index (κ1) is 27.1. The van der Waals surface area contributed by atoms with E-state index in [4.69, 9.17) is 4.74 Å². The minimum atomic E-state index is -3.98. The molecule has 0 saturated heterocycles. The van der Waals surface area contributed by atoms with Crippen LogP contribution >= 0.6 is 11.8 Å². The largest absolute Gasteiger partial charge is 0.497 e. The highest BCUT2D eigenvalue weighted by Crippen LogP contribution is 2.31. The highest BCUT2D eigenvalue weighted by atomic mass is 32.2. The van der Waals surface area contributed by atoms with E-state index in [1.165, 1.54) is 55.7 Å². The Kier molecular flexibility index (Phi) is 9.52. The van der Waals surface area contributed by atoms with Gasteiger partial charge >= 0.3 is 0 Å². The monoisotopic (exact) mass is 538 g/mol. The Balaban J connectivity index is 1.58. The number of carbonyl (C=O) groups excluding carboxylic acids is 1. The van der Waals surface area contributed by atoms with Crippen LogP contribution in [0.1, 0.15) is 48.0 Å². The molecule has 0 radical (unpaired) electrons. The Labute approximate surface area is 224 Å². The van der Waals surface area contributed by atoms with E-state index in [9.17, 15) is 13.2 Å². The second-order valence-electron chi connectivity index (χ2n) is 9.08. The number of thioether (sulfide) groups is 1. The summed E-state index contributed by atoms with van der Waals surface area (Å²) < 4.78 is 34.3. The van der Waals surface area contributed by atoms with Crippen molar-refractivity contribution in [2.75, 3.05) is 23.7 Å². The Hall–Kier alpha value is -2.97. The lowest BCUT2D eigenvalue weighted by molar-refractivity contribution is 0.0957. The SMILES string of the molecule is COc1ccc(S(=O)(=O)N(Cc2ccccc2)c2ccccc2C(=O)NCCSC2CCCCC2)cc1. The number of rotatable bonds is 11. The summed E-state index contributed by atoms with van der Waals surface area (Å²) in [6, 6.07) is 22.6. The van der Waals surface area contributed by atoms with E-state index in [0.717, 1.165) is 11.3 Å². The zero-order valence-corrected chi connectivity index (χ0v) is 22.8. The van der Waals surface area contributed by atoms with E-state index in [1.807, 2.05) is 42.1 Å². The fourth-order valence-corrected chi connectivity index (χ4v) is 7.22. The first-order valence-corrected chi connectivity index (χ1v) is 15.2. The van der Waals surface area contributed by atoms with Crippen molar-refractivity contribution in [3.63, 3.8) is 0 Å². The number of para-hydroxylation sites is 1. The summed E-state index contributed by atoms with van der Waals surface area (Å²) in [5.74, 6) is 1.14. The van der Waals surface area contributed by atoms with Gasteiger partial charge in [-0.1, -0.05) is 61.7 Å². The smallest absolute Gasteiger partial charge is 0.264 e. The maximum absolute atomic E-state index is 13.9. The van der Waals surface area contributed by atoms with Crippen LogP contribution < -0.4 is 14.4 Å². The topological polar surface area (TPSA) is 75.7 Å². The molecule has 8 heteroatoms. The molecule has 0 bridgehead atoms. The molecular formula is C29H34N2O4S2. The summed E-state index contributed by atoms with van der Waals surface area (Å²) in [5, 5.41) is 3.68. The fourth-order valence-electron chi connectivity index (χ4n) is 4.52. The van der Waals surface area contributed by atoms with E-state index in [1.54, 1.807) is 36.4 Å². The standard InChI is InChI=1S/C29H34N2O4S2/c1-35-24-16-18-26(19-17-24)37(33,34)31(22-23-10-4-2-5-11-23)28-15-9-8-14-27(28)29(32)30-20-21-36-25-12-6-3-7-13-25/h2,4-5,8-11,14-19,25H,3,6-7,12-13,20-22H2,1H3,(H,30,32). The zero-order chi connectivity index (χ0) is 26.1. The van der Waals surface area contributed by atoms with Gasteiger partial charge in [0.15, 0.2) is 0 Å². The van der Waals surface area contributed by atoms with Gasteiger partial charge in [0, 0.05) is 17.5 Å². The molecule has 0 heterocycles. The number of benzene rings is 3. The maximum Gasteiger partial charge on any atom is 0.264 e. The van der Waals surface area contributed by atoms with Crippen LogP contribution in [-0.4, -0.2) is 39.0 Å². The number of hydrogen-bond donors (Lipinski definition) is 1. The van der Waals surface area contributed by atoms with Crippen molar-refractivity contribution in [3.05, 3.63) is 90.0 Å². The summed E-state index contributed by atoms with van der Waals surface area (Å²) in [5.41, 5.74) is 1.50. The van der Waals surface area contributed by atoms with E-state index >= 15 is 0 Å². The second kappa shape index (κ2) is 13.0. The summed E-state index contributed by atoms with van der Waals surface area (Å²) >= 11 is 1.92. The Bertz CT molecular complexity index is 1260. The number of ether oxygens (including phenoxy) is 1. The highest BCUT2D eigenvalue weighted by Gasteiger charge is 2.28. The average molecular weight is 539 g/mol. The van der Waals surface area contributed by atoms with Crippen LogP contribution in [0.4, 0.5) is 5.69 Å². The second-order valence-corrected chi connectivity index (χ2v) is 12.3. The van der Waals surface area contributed by atoms with E-state index in [2.05, 4.69) is 5.32 Å². The lowest BCUT2D eigenvalue weighted by Crippen LogP contribution is -2.34. The molecule has 0 aliphatic heterocycles. The van der Waals surface area contributed by atoms with Crippen molar-refractivity contribution >= 4 is 33.4 Å². The number of nitrogens with one attached hydrogen (secondary N) is 1. The number of anilines is 1. The van der Waals surface area contributed by atoms with Gasteiger partial charge in [0.2, 0.25) is 0 Å². The molecule has 0 aromatic heterocycles.